The van der Waals surface area contributed by atoms with E-state index in [4.69, 9.17) is 2.74 Å². The third-order valence-electron chi connectivity index (χ3n) is 1.78. The molecule has 2 aromatic carbocycles. The molecule has 0 N–H and O–H groups in total. The minimum absolute atomic E-state index is 0.390. The van der Waals surface area contributed by atoms with Crippen molar-refractivity contribution in [2.75, 3.05) is 4.91 Å². The topological polar surface area (TPSA) is 0 Å². The van der Waals surface area contributed by atoms with Crippen LogP contribution >= 0.6 is 22.6 Å². The molecular weight excluding hydrogens is 403 g/mol. The number of rotatable bonds is 0. The van der Waals surface area contributed by atoms with Crippen molar-refractivity contribution in [3.8, 4) is 0 Å². The molecule has 0 atom stereocenters. The maximum Gasteiger partial charge on any atom is 0.0341 e. The maximum absolute atomic E-state index is 6.94. The molecular formula is C23H39I. The summed E-state index contributed by atoms with van der Waals surface area (Å²) in [4.78, 5) is 0.470. The number of hydrogen-bond donors (Lipinski definition) is 0. The average molecular weight is 446 g/mol. The summed E-state index contributed by atoms with van der Waals surface area (Å²) in [7, 11) is 0. The van der Waals surface area contributed by atoms with Gasteiger partial charge in [0.1, 0.15) is 0 Å². The standard InChI is InChI=1S/2C7H8.2C4H10.CH3I/c2*1-7-5-3-2-4-6-7;2*1-4(2)3;1-2/h2*2-6H,1H3;2*4H,1-3H3;1H3/i1T;;;;1T. The van der Waals surface area contributed by atoms with Gasteiger partial charge >= 0.3 is 0 Å². The summed E-state index contributed by atoms with van der Waals surface area (Å²) in [6.45, 7) is 15.5. The van der Waals surface area contributed by atoms with Gasteiger partial charge in [-0.25, -0.2) is 0 Å². The molecule has 0 amide bonds. The normalized spacial score (nSPS) is 9.42. The third kappa shape index (κ3) is 37.4. The number of halogens is 1. The van der Waals surface area contributed by atoms with Crippen LogP contribution < -0.4 is 0 Å². The lowest BCUT2D eigenvalue weighted by Gasteiger charge is -1.82. The fourth-order valence-electron chi connectivity index (χ4n) is 1.01. The average Bonchev–Trinajstić information content (AvgIpc) is 2.57. The van der Waals surface area contributed by atoms with E-state index in [2.05, 4.69) is 60.6 Å². The summed E-state index contributed by atoms with van der Waals surface area (Å²) in [5.41, 5.74) is 2.40. The van der Waals surface area contributed by atoms with Gasteiger partial charge in [-0.15, -0.1) is 0 Å². The van der Waals surface area contributed by atoms with E-state index in [-0.39, 0.29) is 0 Å². The Labute approximate surface area is 169 Å². The van der Waals surface area contributed by atoms with Crippen molar-refractivity contribution in [3.63, 3.8) is 0 Å². The van der Waals surface area contributed by atoms with Gasteiger partial charge in [-0.3, -0.25) is 0 Å². The van der Waals surface area contributed by atoms with Crippen molar-refractivity contribution < 1.29 is 2.74 Å². The first-order chi connectivity index (χ1) is 12.2. The van der Waals surface area contributed by atoms with E-state index in [1.165, 1.54) is 5.56 Å². The van der Waals surface area contributed by atoms with Crippen LogP contribution in [0.15, 0.2) is 60.7 Å². The molecule has 0 aliphatic heterocycles. The van der Waals surface area contributed by atoms with E-state index in [0.29, 0.717) is 11.8 Å². The van der Waals surface area contributed by atoms with Gasteiger partial charge in [0.25, 0.3) is 0 Å². The lowest BCUT2D eigenvalue weighted by molar-refractivity contribution is 0.736. The second-order valence-electron chi connectivity index (χ2n) is 6.60. The molecule has 0 heterocycles. The van der Waals surface area contributed by atoms with E-state index in [1.807, 2.05) is 71.1 Å². The Morgan fingerprint density at radius 3 is 1.04 bits per heavy atom. The molecule has 0 spiro atoms. The molecule has 2 rings (SSSR count). The van der Waals surface area contributed by atoms with E-state index in [1.54, 1.807) is 0 Å². The van der Waals surface area contributed by atoms with Crippen molar-refractivity contribution in [1.29, 1.82) is 0 Å². The Balaban J connectivity index is -0.000000270. The first-order valence-corrected chi connectivity index (χ1v) is 9.93. The molecule has 0 nitrogen and oxygen atoms in total. The quantitative estimate of drug-likeness (QED) is 0.282. The minimum atomic E-state index is 0.390. The first-order valence-electron chi connectivity index (χ1n) is 9.82. The van der Waals surface area contributed by atoms with Crippen LogP contribution in [0.25, 0.3) is 0 Å². The number of aryl methyl sites for hydroxylation is 2. The van der Waals surface area contributed by atoms with Crippen LogP contribution in [0.1, 0.15) is 55.4 Å². The van der Waals surface area contributed by atoms with Gasteiger partial charge in [-0.1, -0.05) is 136 Å². The second-order valence-corrected chi connectivity index (χ2v) is 6.60. The molecule has 0 unspecified atom stereocenters. The summed E-state index contributed by atoms with van der Waals surface area (Å²) in [5, 5.41) is 0. The molecule has 0 saturated heterocycles. The Morgan fingerprint density at radius 2 is 0.917 bits per heavy atom. The van der Waals surface area contributed by atoms with Gasteiger partial charge in [0.15, 0.2) is 0 Å². The Hall–Kier alpha value is -0.830. The summed E-state index contributed by atoms with van der Waals surface area (Å²) < 4.78 is 13.1. The first kappa shape index (κ1) is 23.2. The summed E-state index contributed by atoms with van der Waals surface area (Å²) in [6, 6.07) is 20.0. The monoisotopic (exact) mass is 446 g/mol. The summed E-state index contributed by atoms with van der Waals surface area (Å²) in [5.74, 6) is 1.67. The largest absolute Gasteiger partial charge is 0.0901 e. The van der Waals surface area contributed by atoms with E-state index < -0.39 is 0 Å². The van der Waals surface area contributed by atoms with Crippen LogP contribution in [-0.2, 0) is 0 Å². The highest BCUT2D eigenvalue weighted by molar-refractivity contribution is 14.1. The highest BCUT2D eigenvalue weighted by Crippen LogP contribution is 1.92. The number of alkyl halides is 1. The molecule has 138 valence electrons. The molecule has 0 aromatic heterocycles. The lowest BCUT2D eigenvalue weighted by atomic mass is 10.2. The van der Waals surface area contributed by atoms with Crippen LogP contribution in [-0.4, -0.2) is 4.91 Å². The SMILES string of the molecule is CC(C)C.CC(C)C.Cc1ccccc1.[3H]CI.[3H]Cc1ccccc1. The molecule has 0 aliphatic rings. The molecule has 0 bridgehead atoms. The maximum atomic E-state index is 6.94. The molecule has 24 heavy (non-hydrogen) atoms. The zero-order valence-electron chi connectivity index (χ0n) is 18.7. The molecule has 0 saturated carbocycles. The van der Waals surface area contributed by atoms with Gasteiger partial charge in [0.2, 0.25) is 0 Å². The van der Waals surface area contributed by atoms with Crippen molar-refractivity contribution >= 4 is 22.6 Å². The van der Waals surface area contributed by atoms with Gasteiger partial charge in [0, 0.05) is 2.74 Å². The highest BCUT2D eigenvalue weighted by Gasteiger charge is 1.72. The van der Waals surface area contributed by atoms with Crippen molar-refractivity contribution in [2.24, 2.45) is 11.8 Å². The lowest BCUT2D eigenvalue weighted by Crippen LogP contribution is -1.66. The second kappa shape index (κ2) is 22.2. The molecule has 0 aliphatic carbocycles. The smallest absolute Gasteiger partial charge is 0.0341 e. The fourth-order valence-corrected chi connectivity index (χ4v) is 1.01. The number of hydrogen-bond acceptors (Lipinski definition) is 0. The van der Waals surface area contributed by atoms with E-state index in [9.17, 15) is 0 Å². The third-order valence-corrected chi connectivity index (χ3v) is 1.78. The minimum Gasteiger partial charge on any atom is -0.0901 e. The molecule has 0 radical (unpaired) electrons. The predicted octanol–water partition coefficient (Wildman–Crippen LogP) is 8.37. The zero-order valence-corrected chi connectivity index (χ0v) is 18.9. The van der Waals surface area contributed by atoms with Crippen LogP contribution in [0.4, 0.5) is 0 Å². The summed E-state index contributed by atoms with van der Waals surface area (Å²) in [6.07, 6.45) is 0. The summed E-state index contributed by atoms with van der Waals surface area (Å²) >= 11 is 1.96. The Morgan fingerprint density at radius 1 is 0.667 bits per heavy atom. The van der Waals surface area contributed by atoms with Crippen LogP contribution in [0.3, 0.4) is 0 Å². The van der Waals surface area contributed by atoms with Gasteiger partial charge < -0.3 is 0 Å². The van der Waals surface area contributed by atoms with Gasteiger partial charge in [0.05, 0.1) is 0 Å². The van der Waals surface area contributed by atoms with Crippen LogP contribution in [0, 0.1) is 25.7 Å². The van der Waals surface area contributed by atoms with Crippen molar-refractivity contribution in [1.82, 2.24) is 0 Å². The van der Waals surface area contributed by atoms with Crippen LogP contribution in [0.5, 0.6) is 0 Å². The Kier molecular flexibility index (Phi) is 21.4. The van der Waals surface area contributed by atoms with Crippen LogP contribution in [0.2, 0.25) is 0 Å². The highest BCUT2D eigenvalue weighted by atomic mass is 127. The zero-order chi connectivity index (χ0) is 20.8. The van der Waals surface area contributed by atoms with Crippen molar-refractivity contribution in [3.05, 3.63) is 71.8 Å². The Bertz CT molecular complexity index is 445. The molecule has 0 fully saturated rings. The number of benzene rings is 2. The van der Waals surface area contributed by atoms with Gasteiger partial charge in [-0.05, 0) is 30.6 Å². The van der Waals surface area contributed by atoms with Gasteiger partial charge in [-0.2, -0.15) is 0 Å². The predicted molar refractivity (Wildman–Crippen MR) is 123 cm³/mol. The van der Waals surface area contributed by atoms with E-state index >= 15 is 0 Å². The fraction of sp³-hybridized carbons (Fsp3) is 0.478. The molecule has 1 heteroatoms. The molecule has 2 aromatic rings. The van der Waals surface area contributed by atoms with E-state index in [0.717, 1.165) is 17.4 Å². The van der Waals surface area contributed by atoms with Crippen molar-refractivity contribution in [2.45, 2.75) is 55.4 Å².